The summed E-state index contributed by atoms with van der Waals surface area (Å²) < 4.78 is 4.69. The summed E-state index contributed by atoms with van der Waals surface area (Å²) in [6, 6.07) is 8.67. The number of aromatic nitrogens is 1. The minimum atomic E-state index is -0.418. The first-order chi connectivity index (χ1) is 14.1. The molecule has 150 valence electrons. The Labute approximate surface area is 173 Å². The number of nitrogen functional groups attached to an aromatic ring is 1. The highest BCUT2D eigenvalue weighted by Crippen LogP contribution is 2.35. The van der Waals surface area contributed by atoms with Crippen molar-refractivity contribution in [2.45, 2.75) is 38.5 Å². The van der Waals surface area contributed by atoms with E-state index < -0.39 is 5.97 Å². The van der Waals surface area contributed by atoms with Crippen LogP contribution in [-0.4, -0.2) is 24.0 Å². The zero-order chi connectivity index (χ0) is 20.4. The number of anilines is 2. The second-order valence-corrected chi connectivity index (χ2v) is 8.23. The molecule has 3 N–H and O–H groups in total. The normalized spacial score (nSPS) is 14.0. The Morgan fingerprint density at radius 1 is 1.10 bits per heavy atom. The second-order valence-electron chi connectivity index (χ2n) is 7.23. The highest BCUT2D eigenvalue weighted by molar-refractivity contribution is 7.21. The first-order valence-electron chi connectivity index (χ1n) is 9.77. The Hall–Kier alpha value is -2.93. The smallest absolute Gasteiger partial charge is 0.337 e. The van der Waals surface area contributed by atoms with E-state index >= 15 is 0 Å². The van der Waals surface area contributed by atoms with Crippen molar-refractivity contribution in [1.29, 1.82) is 0 Å². The summed E-state index contributed by atoms with van der Waals surface area (Å²) in [5, 5.41) is 3.71. The van der Waals surface area contributed by atoms with E-state index in [1.807, 2.05) is 0 Å². The van der Waals surface area contributed by atoms with Crippen LogP contribution in [0.1, 0.15) is 57.0 Å². The maximum atomic E-state index is 12.8. The number of fused-ring (bicyclic) bond motifs is 2. The highest BCUT2D eigenvalue weighted by atomic mass is 32.1. The van der Waals surface area contributed by atoms with Gasteiger partial charge in [-0.05, 0) is 61.6 Å². The molecule has 3 aromatic rings. The lowest BCUT2D eigenvalue weighted by atomic mass is 9.96. The van der Waals surface area contributed by atoms with Crippen molar-refractivity contribution in [3.63, 3.8) is 0 Å². The topological polar surface area (TPSA) is 94.3 Å². The molecule has 0 fully saturated rings. The molecule has 4 rings (SSSR count). The van der Waals surface area contributed by atoms with E-state index in [1.165, 1.54) is 43.3 Å². The first-order valence-corrected chi connectivity index (χ1v) is 10.6. The fraction of sp³-hybridized carbons (Fsp3) is 0.318. The third-order valence-corrected chi connectivity index (χ3v) is 6.38. The van der Waals surface area contributed by atoms with Gasteiger partial charge in [0.05, 0.1) is 18.4 Å². The second kappa shape index (κ2) is 8.21. The number of carbonyl (C=O) groups excluding carboxylic acids is 2. The number of pyridine rings is 1. The Balaban J connectivity index is 1.60. The summed E-state index contributed by atoms with van der Waals surface area (Å²) in [4.78, 5) is 30.5. The quantitative estimate of drug-likeness (QED) is 0.618. The number of hydrogen-bond donors (Lipinski definition) is 2. The molecule has 0 unspecified atom stereocenters. The summed E-state index contributed by atoms with van der Waals surface area (Å²) in [6.07, 6.45) is 6.81. The summed E-state index contributed by atoms with van der Waals surface area (Å²) in [6.45, 7) is 0. The molecule has 0 atom stereocenters. The molecule has 0 radical (unpaired) electrons. The van der Waals surface area contributed by atoms with Gasteiger partial charge in [-0.1, -0.05) is 12.8 Å². The van der Waals surface area contributed by atoms with Gasteiger partial charge in [0.2, 0.25) is 0 Å². The van der Waals surface area contributed by atoms with Crippen molar-refractivity contribution in [2.24, 2.45) is 0 Å². The maximum absolute atomic E-state index is 12.8. The number of benzene rings is 1. The molecular weight excluding hydrogens is 386 g/mol. The average Bonchev–Trinajstić information content (AvgIpc) is 3.03. The van der Waals surface area contributed by atoms with Gasteiger partial charge in [-0.2, -0.15) is 0 Å². The average molecular weight is 410 g/mol. The molecule has 0 aliphatic heterocycles. The van der Waals surface area contributed by atoms with E-state index in [2.05, 4.69) is 16.1 Å². The molecule has 0 saturated heterocycles. The number of aryl methyl sites for hydroxylation is 2. The van der Waals surface area contributed by atoms with Gasteiger partial charge in [0.1, 0.15) is 9.71 Å². The first kappa shape index (κ1) is 19.4. The van der Waals surface area contributed by atoms with Crippen LogP contribution in [0, 0.1) is 0 Å². The molecule has 1 aliphatic rings. The number of hydrogen-bond acceptors (Lipinski definition) is 6. The van der Waals surface area contributed by atoms with Gasteiger partial charge in [-0.15, -0.1) is 11.3 Å². The number of amides is 1. The lowest BCUT2D eigenvalue weighted by Crippen LogP contribution is -2.12. The number of rotatable bonds is 3. The maximum Gasteiger partial charge on any atom is 0.337 e. The SMILES string of the molecule is COC(=O)c1ccc(NC(=O)c2sc3nc4c(cc3c2N)CCCCCC4)cc1. The van der Waals surface area contributed by atoms with Gasteiger partial charge in [0.15, 0.2) is 0 Å². The van der Waals surface area contributed by atoms with Crippen molar-refractivity contribution >= 4 is 44.8 Å². The lowest BCUT2D eigenvalue weighted by molar-refractivity contribution is 0.0600. The van der Waals surface area contributed by atoms with Gasteiger partial charge < -0.3 is 15.8 Å². The van der Waals surface area contributed by atoms with Crippen LogP contribution in [0.25, 0.3) is 10.2 Å². The van der Waals surface area contributed by atoms with Crippen LogP contribution >= 0.6 is 11.3 Å². The van der Waals surface area contributed by atoms with Crippen LogP contribution < -0.4 is 11.1 Å². The molecule has 7 heteroatoms. The van der Waals surface area contributed by atoms with E-state index in [0.29, 0.717) is 21.8 Å². The Morgan fingerprint density at radius 2 is 1.83 bits per heavy atom. The van der Waals surface area contributed by atoms with Crippen LogP contribution in [-0.2, 0) is 17.6 Å². The minimum Gasteiger partial charge on any atom is -0.465 e. The molecule has 0 spiro atoms. The number of carbonyl (C=O) groups is 2. The Morgan fingerprint density at radius 3 is 2.55 bits per heavy atom. The van der Waals surface area contributed by atoms with Crippen molar-refractivity contribution in [2.75, 3.05) is 18.2 Å². The Kier molecular flexibility index (Phi) is 5.49. The van der Waals surface area contributed by atoms with Crippen LogP contribution in [0.2, 0.25) is 0 Å². The lowest BCUT2D eigenvalue weighted by Gasteiger charge is -2.12. The van der Waals surface area contributed by atoms with Gasteiger partial charge in [-0.25, -0.2) is 9.78 Å². The van der Waals surface area contributed by atoms with Crippen LogP contribution in [0.15, 0.2) is 30.3 Å². The number of methoxy groups -OCH3 is 1. The number of esters is 1. The van der Waals surface area contributed by atoms with E-state index in [1.54, 1.807) is 24.3 Å². The fourth-order valence-electron chi connectivity index (χ4n) is 3.68. The van der Waals surface area contributed by atoms with Crippen molar-refractivity contribution in [3.8, 4) is 0 Å². The summed E-state index contributed by atoms with van der Waals surface area (Å²) in [5.41, 5.74) is 10.2. The zero-order valence-electron chi connectivity index (χ0n) is 16.3. The van der Waals surface area contributed by atoms with Crippen LogP contribution in [0.4, 0.5) is 11.4 Å². The summed E-state index contributed by atoms with van der Waals surface area (Å²) in [7, 11) is 1.33. The third kappa shape index (κ3) is 3.96. The predicted molar refractivity (Wildman–Crippen MR) is 116 cm³/mol. The van der Waals surface area contributed by atoms with Crippen LogP contribution in [0.5, 0.6) is 0 Å². The largest absolute Gasteiger partial charge is 0.465 e. The van der Waals surface area contributed by atoms with Crippen LogP contribution in [0.3, 0.4) is 0 Å². The van der Waals surface area contributed by atoms with Gasteiger partial charge >= 0.3 is 5.97 Å². The molecular formula is C22H23N3O3S. The molecule has 0 bridgehead atoms. The number of ether oxygens (including phenoxy) is 1. The molecule has 1 amide bonds. The number of nitrogens with zero attached hydrogens (tertiary/aromatic N) is 1. The minimum absolute atomic E-state index is 0.274. The molecule has 6 nitrogen and oxygen atoms in total. The molecule has 2 heterocycles. The molecule has 1 aromatic carbocycles. The van der Waals surface area contributed by atoms with Gasteiger partial charge in [0.25, 0.3) is 5.91 Å². The van der Waals surface area contributed by atoms with E-state index in [-0.39, 0.29) is 5.91 Å². The van der Waals surface area contributed by atoms with Crippen molar-refractivity contribution in [3.05, 3.63) is 52.0 Å². The number of thiophene rings is 1. The zero-order valence-corrected chi connectivity index (χ0v) is 17.1. The predicted octanol–water partition coefficient (Wildman–Crippen LogP) is 4.58. The van der Waals surface area contributed by atoms with E-state index in [9.17, 15) is 9.59 Å². The van der Waals surface area contributed by atoms with Crippen molar-refractivity contribution < 1.29 is 14.3 Å². The fourth-order valence-corrected chi connectivity index (χ4v) is 4.67. The standard InChI is InChI=1S/C22H23N3O3S/c1-28-22(27)13-8-10-15(11-9-13)24-20(26)19-18(23)16-12-14-6-4-2-3-5-7-17(14)25-21(16)29-19/h8-12H,2-7,23H2,1H3,(H,24,26). The number of nitrogens with two attached hydrogens (primary N) is 1. The number of nitrogens with one attached hydrogen (secondary N) is 1. The van der Waals surface area contributed by atoms with Crippen molar-refractivity contribution in [1.82, 2.24) is 4.98 Å². The van der Waals surface area contributed by atoms with E-state index in [4.69, 9.17) is 10.7 Å². The molecule has 1 aliphatic carbocycles. The monoisotopic (exact) mass is 409 g/mol. The summed E-state index contributed by atoms with van der Waals surface area (Å²) in [5.74, 6) is -0.693. The molecule has 29 heavy (non-hydrogen) atoms. The summed E-state index contributed by atoms with van der Waals surface area (Å²) >= 11 is 1.33. The third-order valence-electron chi connectivity index (χ3n) is 5.27. The molecule has 2 aromatic heterocycles. The van der Waals surface area contributed by atoms with Gasteiger partial charge in [0, 0.05) is 16.8 Å². The Bertz CT molecular complexity index is 1070. The molecule has 0 saturated carbocycles. The van der Waals surface area contributed by atoms with E-state index in [0.717, 1.165) is 35.2 Å². The highest BCUT2D eigenvalue weighted by Gasteiger charge is 2.20. The van der Waals surface area contributed by atoms with Gasteiger partial charge in [-0.3, -0.25) is 4.79 Å².